The molecule has 75 valence electrons. The van der Waals surface area contributed by atoms with Crippen LogP contribution in [0.1, 0.15) is 5.56 Å². The Morgan fingerprint density at radius 1 is 1.14 bits per heavy atom. The third-order valence-corrected chi connectivity index (χ3v) is 1.60. The van der Waals surface area contributed by atoms with Gasteiger partial charge in [0.2, 0.25) is 0 Å². The standard InChI is InChI=1S/C9H8O.C.B.Fe.Ni/c1-2-6-9-8(4-1)5-3-7-10-9;;;;/h1-4,6-7H,5H2;;;;. The minimum Gasteiger partial charge on any atom is -0.465 e. The van der Waals surface area contributed by atoms with Gasteiger partial charge in [0, 0.05) is 49.4 Å². The Morgan fingerprint density at radius 2 is 1.79 bits per heavy atom. The molecule has 14 heavy (non-hydrogen) atoms. The van der Waals surface area contributed by atoms with Gasteiger partial charge in [0.1, 0.15) is 5.75 Å². The van der Waals surface area contributed by atoms with Gasteiger partial charge < -0.3 is 4.74 Å². The number of para-hydroxylation sites is 1. The van der Waals surface area contributed by atoms with E-state index in [1.807, 2.05) is 24.3 Å². The maximum Gasteiger partial charge on any atom is 0.130 e. The minimum atomic E-state index is 0. The molecular formula is C10H8BFeNiO. The molecule has 0 N–H and O–H groups in total. The molecular weight excluding hydrogens is 261 g/mol. The zero-order valence-corrected chi connectivity index (χ0v) is 9.42. The molecule has 1 heterocycles. The van der Waals surface area contributed by atoms with Crippen molar-refractivity contribution in [3.05, 3.63) is 49.6 Å². The monoisotopic (exact) mass is 269 g/mol. The molecule has 2 rings (SSSR count). The fourth-order valence-corrected chi connectivity index (χ4v) is 1.08. The smallest absolute Gasteiger partial charge is 0.130 e. The van der Waals surface area contributed by atoms with Crippen LogP contribution in [0.5, 0.6) is 5.75 Å². The van der Waals surface area contributed by atoms with Gasteiger partial charge in [0.15, 0.2) is 0 Å². The van der Waals surface area contributed by atoms with Gasteiger partial charge in [-0.25, -0.2) is 0 Å². The van der Waals surface area contributed by atoms with Gasteiger partial charge in [-0.2, -0.15) is 0 Å². The van der Waals surface area contributed by atoms with Crippen LogP contribution in [-0.2, 0) is 40.0 Å². The summed E-state index contributed by atoms with van der Waals surface area (Å²) >= 11 is 0. The summed E-state index contributed by atoms with van der Waals surface area (Å²) in [6.45, 7) is 0. The van der Waals surface area contributed by atoms with E-state index in [0.29, 0.717) is 0 Å². The number of rotatable bonds is 0. The first-order chi connectivity index (χ1) is 4.97. The van der Waals surface area contributed by atoms with Crippen molar-refractivity contribution >= 4 is 8.41 Å². The minimum absolute atomic E-state index is 0. The molecule has 0 bridgehead atoms. The number of hydrogen-bond donors (Lipinski definition) is 0. The van der Waals surface area contributed by atoms with E-state index >= 15 is 0 Å². The van der Waals surface area contributed by atoms with Crippen LogP contribution >= 0.6 is 0 Å². The van der Waals surface area contributed by atoms with Gasteiger partial charge >= 0.3 is 0 Å². The molecule has 0 amide bonds. The number of benzene rings is 1. The van der Waals surface area contributed by atoms with Crippen molar-refractivity contribution in [1.29, 1.82) is 0 Å². The Morgan fingerprint density at radius 3 is 2.43 bits per heavy atom. The van der Waals surface area contributed by atoms with E-state index in [9.17, 15) is 0 Å². The Hall–Kier alpha value is -0.162. The Kier molecular flexibility index (Phi) is 13.0. The van der Waals surface area contributed by atoms with E-state index in [4.69, 9.17) is 4.74 Å². The van der Waals surface area contributed by atoms with Gasteiger partial charge in [0.05, 0.1) is 6.26 Å². The summed E-state index contributed by atoms with van der Waals surface area (Å²) < 4.78 is 5.24. The summed E-state index contributed by atoms with van der Waals surface area (Å²) in [5.74, 6) is 0.991. The summed E-state index contributed by atoms with van der Waals surface area (Å²) in [5, 5.41) is 0. The maximum absolute atomic E-state index is 5.24. The van der Waals surface area contributed by atoms with Crippen LogP contribution in [0.2, 0.25) is 0 Å². The Bertz CT molecular complexity index is 252. The first kappa shape index (κ1) is 19.4. The fourth-order valence-electron chi connectivity index (χ4n) is 1.08. The molecule has 0 fully saturated rings. The maximum atomic E-state index is 5.24. The van der Waals surface area contributed by atoms with Crippen LogP contribution in [0.4, 0.5) is 0 Å². The van der Waals surface area contributed by atoms with Crippen molar-refractivity contribution < 1.29 is 38.3 Å². The van der Waals surface area contributed by atoms with E-state index in [-0.39, 0.29) is 49.4 Å². The molecule has 4 heteroatoms. The van der Waals surface area contributed by atoms with Crippen LogP contribution in [0.3, 0.4) is 0 Å². The van der Waals surface area contributed by atoms with Crippen molar-refractivity contribution in [3.8, 4) is 5.75 Å². The fraction of sp³-hybridized carbons (Fsp3) is 0.100. The van der Waals surface area contributed by atoms with Gasteiger partial charge in [-0.1, -0.05) is 18.2 Å². The van der Waals surface area contributed by atoms with Crippen molar-refractivity contribution in [2.24, 2.45) is 0 Å². The molecule has 1 nitrogen and oxygen atoms in total. The van der Waals surface area contributed by atoms with Crippen LogP contribution in [0, 0.1) is 7.43 Å². The molecule has 0 atom stereocenters. The third kappa shape index (κ3) is 4.37. The average Bonchev–Trinajstić information content (AvgIpc) is 2.05. The zero-order chi connectivity index (χ0) is 6.81. The quantitative estimate of drug-likeness (QED) is 0.653. The molecule has 0 aromatic heterocycles. The Balaban J connectivity index is -0.000000302. The zero-order valence-electron chi connectivity index (χ0n) is 7.33. The predicted octanol–water partition coefficient (Wildman–Crippen LogP) is 1.83. The van der Waals surface area contributed by atoms with Crippen molar-refractivity contribution in [2.75, 3.05) is 0 Å². The molecule has 1 aliphatic rings. The molecule has 1 aromatic rings. The van der Waals surface area contributed by atoms with Crippen LogP contribution < -0.4 is 4.74 Å². The molecule has 1 aromatic carbocycles. The Labute approximate surface area is 108 Å². The van der Waals surface area contributed by atoms with Crippen molar-refractivity contribution in [1.82, 2.24) is 0 Å². The van der Waals surface area contributed by atoms with Gasteiger partial charge in [-0.15, -0.1) is 0 Å². The number of hydrogen-bond acceptors (Lipinski definition) is 1. The second-order valence-electron chi connectivity index (χ2n) is 2.30. The number of allylic oxidation sites excluding steroid dienone is 1. The molecule has 0 unspecified atom stereocenters. The summed E-state index contributed by atoms with van der Waals surface area (Å²) in [6.07, 6.45) is 4.75. The molecule has 0 saturated carbocycles. The van der Waals surface area contributed by atoms with E-state index in [2.05, 4.69) is 6.07 Å². The van der Waals surface area contributed by atoms with E-state index < -0.39 is 0 Å². The van der Waals surface area contributed by atoms with E-state index in [0.717, 1.165) is 12.2 Å². The van der Waals surface area contributed by atoms with Gasteiger partial charge in [-0.3, -0.25) is 0 Å². The normalized spacial score (nSPS) is 10.0. The summed E-state index contributed by atoms with van der Waals surface area (Å²) in [5.41, 5.74) is 1.27. The van der Waals surface area contributed by atoms with E-state index in [1.54, 1.807) is 6.26 Å². The van der Waals surface area contributed by atoms with Gasteiger partial charge in [-0.05, 0) is 24.1 Å². The van der Waals surface area contributed by atoms with Crippen LogP contribution in [-0.4, -0.2) is 8.41 Å². The third-order valence-electron chi connectivity index (χ3n) is 1.60. The van der Waals surface area contributed by atoms with E-state index in [1.165, 1.54) is 5.56 Å². The molecule has 0 aliphatic carbocycles. The van der Waals surface area contributed by atoms with Crippen LogP contribution in [0.25, 0.3) is 0 Å². The molecule has 0 saturated heterocycles. The topological polar surface area (TPSA) is 9.23 Å². The largest absolute Gasteiger partial charge is 0.465 e. The first-order valence-corrected chi connectivity index (χ1v) is 3.36. The number of ether oxygens (including phenoxy) is 1. The molecule has 0 spiro atoms. The molecule has 7 radical (unpaired) electrons. The average molecular weight is 270 g/mol. The van der Waals surface area contributed by atoms with Crippen molar-refractivity contribution in [3.63, 3.8) is 0 Å². The molecule has 1 aliphatic heterocycles. The predicted molar refractivity (Wildman–Crippen MR) is 48.9 cm³/mol. The SMILES string of the molecule is C1=COc2ccccc2C1.[B].[C].[Fe].[Ni]. The van der Waals surface area contributed by atoms with Crippen LogP contribution in [0.15, 0.2) is 36.6 Å². The second kappa shape index (κ2) is 9.40. The first-order valence-electron chi connectivity index (χ1n) is 3.36. The summed E-state index contributed by atoms with van der Waals surface area (Å²) in [4.78, 5) is 0. The van der Waals surface area contributed by atoms with Gasteiger partial charge in [0.25, 0.3) is 0 Å². The number of fused-ring (bicyclic) bond motifs is 1. The second-order valence-corrected chi connectivity index (χ2v) is 2.30. The summed E-state index contributed by atoms with van der Waals surface area (Å²) in [7, 11) is 0. The van der Waals surface area contributed by atoms with Crippen molar-refractivity contribution in [2.45, 2.75) is 6.42 Å². The summed E-state index contributed by atoms with van der Waals surface area (Å²) in [6, 6.07) is 8.08.